The van der Waals surface area contributed by atoms with Crippen LogP contribution in [0.1, 0.15) is 11.1 Å². The number of carbonyl (C=O) groups is 1. The first-order chi connectivity index (χ1) is 10.7. The first-order valence-corrected chi connectivity index (χ1v) is 7.28. The van der Waals surface area contributed by atoms with Crippen molar-refractivity contribution in [2.24, 2.45) is 0 Å². The number of benzene rings is 2. The van der Waals surface area contributed by atoms with E-state index in [4.69, 9.17) is 21.1 Å². The molecule has 0 aliphatic carbocycles. The lowest BCUT2D eigenvalue weighted by Gasteiger charge is -2.11. The van der Waals surface area contributed by atoms with Crippen LogP contribution in [0.15, 0.2) is 48.5 Å². The van der Waals surface area contributed by atoms with Gasteiger partial charge in [0.15, 0.2) is 6.61 Å². The molecule has 0 fully saturated rings. The van der Waals surface area contributed by atoms with E-state index in [0.29, 0.717) is 23.9 Å². The molecule has 0 saturated heterocycles. The van der Waals surface area contributed by atoms with Crippen molar-refractivity contribution in [3.8, 4) is 5.75 Å². The largest absolute Gasteiger partial charge is 0.482 e. The number of ether oxygens (including phenoxy) is 2. The number of para-hydroxylation sites is 1. The van der Waals surface area contributed by atoms with Gasteiger partial charge in [-0.3, -0.25) is 4.79 Å². The average Bonchev–Trinajstić information content (AvgIpc) is 2.53. The van der Waals surface area contributed by atoms with Gasteiger partial charge in [-0.15, -0.1) is 0 Å². The van der Waals surface area contributed by atoms with Gasteiger partial charge in [0, 0.05) is 13.7 Å². The van der Waals surface area contributed by atoms with E-state index in [2.05, 4.69) is 5.32 Å². The van der Waals surface area contributed by atoms with Crippen molar-refractivity contribution in [1.29, 1.82) is 0 Å². The van der Waals surface area contributed by atoms with Crippen LogP contribution in [0.25, 0.3) is 0 Å². The lowest BCUT2D eigenvalue weighted by atomic mass is 10.1. The lowest BCUT2D eigenvalue weighted by Crippen LogP contribution is -2.28. The topological polar surface area (TPSA) is 47.6 Å². The normalized spacial score (nSPS) is 10.3. The fourth-order valence-corrected chi connectivity index (χ4v) is 2.17. The third-order valence-corrected chi connectivity index (χ3v) is 3.40. The fraction of sp³-hybridized carbons (Fsp3) is 0.235. The molecule has 116 valence electrons. The molecule has 0 saturated carbocycles. The van der Waals surface area contributed by atoms with E-state index in [-0.39, 0.29) is 12.5 Å². The number of hydrogen-bond donors (Lipinski definition) is 1. The second kappa shape index (κ2) is 8.41. The van der Waals surface area contributed by atoms with E-state index in [1.54, 1.807) is 25.3 Å². The monoisotopic (exact) mass is 319 g/mol. The van der Waals surface area contributed by atoms with Crippen molar-refractivity contribution < 1.29 is 14.3 Å². The van der Waals surface area contributed by atoms with Crippen LogP contribution in [0, 0.1) is 0 Å². The Balaban J connectivity index is 1.84. The minimum atomic E-state index is -0.202. The Morgan fingerprint density at radius 3 is 2.50 bits per heavy atom. The van der Waals surface area contributed by atoms with Gasteiger partial charge >= 0.3 is 0 Å². The summed E-state index contributed by atoms with van der Waals surface area (Å²) in [5.41, 5.74) is 2.08. The number of halogens is 1. The highest BCUT2D eigenvalue weighted by Crippen LogP contribution is 2.22. The summed E-state index contributed by atoms with van der Waals surface area (Å²) in [5, 5.41) is 3.31. The molecular formula is C17H18ClNO3. The smallest absolute Gasteiger partial charge is 0.258 e. The molecule has 0 radical (unpaired) electrons. The predicted molar refractivity (Wildman–Crippen MR) is 85.9 cm³/mol. The van der Waals surface area contributed by atoms with Gasteiger partial charge in [0.25, 0.3) is 5.91 Å². The Bertz CT molecular complexity index is 631. The van der Waals surface area contributed by atoms with Crippen LogP contribution in [0.3, 0.4) is 0 Å². The molecule has 4 nitrogen and oxygen atoms in total. The van der Waals surface area contributed by atoms with Gasteiger partial charge in [-0.25, -0.2) is 0 Å². The van der Waals surface area contributed by atoms with Gasteiger partial charge in [0.1, 0.15) is 5.75 Å². The average molecular weight is 320 g/mol. The van der Waals surface area contributed by atoms with Gasteiger partial charge in [0.2, 0.25) is 0 Å². The number of methoxy groups -OCH3 is 1. The summed E-state index contributed by atoms with van der Waals surface area (Å²) < 4.78 is 10.5. The Labute approximate surface area is 135 Å². The predicted octanol–water partition coefficient (Wildman–Crippen LogP) is 3.18. The zero-order valence-corrected chi connectivity index (χ0v) is 13.1. The molecule has 0 spiro atoms. The summed E-state index contributed by atoms with van der Waals surface area (Å²) in [5.74, 6) is 0.297. The molecule has 2 aromatic rings. The summed E-state index contributed by atoms with van der Waals surface area (Å²) >= 11 is 5.97. The molecule has 0 aliphatic heterocycles. The molecule has 5 heteroatoms. The van der Waals surface area contributed by atoms with Gasteiger partial charge < -0.3 is 14.8 Å². The van der Waals surface area contributed by atoms with Crippen LogP contribution in [-0.2, 0) is 22.7 Å². The number of carbonyl (C=O) groups excluding carboxylic acids is 1. The quantitative estimate of drug-likeness (QED) is 0.852. The lowest BCUT2D eigenvalue weighted by molar-refractivity contribution is -0.123. The third-order valence-electron chi connectivity index (χ3n) is 3.09. The Hall–Kier alpha value is -2.04. The van der Waals surface area contributed by atoms with Gasteiger partial charge in [-0.05, 0) is 23.3 Å². The minimum Gasteiger partial charge on any atom is -0.482 e. The highest BCUT2D eigenvalue weighted by molar-refractivity contribution is 6.32. The molecule has 2 rings (SSSR count). The highest BCUT2D eigenvalue weighted by Gasteiger charge is 2.07. The molecule has 2 aromatic carbocycles. The maximum absolute atomic E-state index is 11.9. The van der Waals surface area contributed by atoms with Crippen molar-refractivity contribution in [2.45, 2.75) is 13.2 Å². The summed E-state index contributed by atoms with van der Waals surface area (Å²) in [6.45, 7) is 0.878. The van der Waals surface area contributed by atoms with E-state index < -0.39 is 0 Å². The molecule has 0 aliphatic rings. The molecule has 1 N–H and O–H groups in total. The van der Waals surface area contributed by atoms with Crippen LogP contribution in [-0.4, -0.2) is 19.6 Å². The van der Waals surface area contributed by atoms with E-state index >= 15 is 0 Å². The summed E-state index contributed by atoms with van der Waals surface area (Å²) in [6.07, 6.45) is 0. The van der Waals surface area contributed by atoms with E-state index in [9.17, 15) is 4.79 Å². The second-order valence-electron chi connectivity index (χ2n) is 4.70. The molecule has 0 atom stereocenters. The van der Waals surface area contributed by atoms with Crippen LogP contribution >= 0.6 is 11.6 Å². The molecule has 1 amide bonds. The third kappa shape index (κ3) is 4.76. The van der Waals surface area contributed by atoms with Crippen molar-refractivity contribution in [3.63, 3.8) is 0 Å². The Morgan fingerprint density at radius 1 is 1.09 bits per heavy atom. The van der Waals surface area contributed by atoms with E-state index in [0.717, 1.165) is 11.1 Å². The molecule has 0 heterocycles. The van der Waals surface area contributed by atoms with E-state index in [1.807, 2.05) is 30.3 Å². The zero-order valence-electron chi connectivity index (χ0n) is 12.3. The van der Waals surface area contributed by atoms with Crippen LogP contribution < -0.4 is 10.1 Å². The van der Waals surface area contributed by atoms with E-state index in [1.165, 1.54) is 0 Å². The van der Waals surface area contributed by atoms with Gasteiger partial charge in [-0.1, -0.05) is 48.0 Å². The molecular weight excluding hydrogens is 302 g/mol. The summed E-state index contributed by atoms with van der Waals surface area (Å²) in [4.78, 5) is 11.9. The fourth-order valence-electron chi connectivity index (χ4n) is 1.98. The molecule has 0 unspecified atom stereocenters. The molecule has 0 aromatic heterocycles. The Morgan fingerprint density at radius 2 is 1.77 bits per heavy atom. The number of nitrogens with one attached hydrogen (secondary N) is 1. The van der Waals surface area contributed by atoms with Crippen molar-refractivity contribution in [3.05, 3.63) is 64.7 Å². The molecule has 22 heavy (non-hydrogen) atoms. The van der Waals surface area contributed by atoms with Crippen molar-refractivity contribution in [2.75, 3.05) is 13.7 Å². The van der Waals surface area contributed by atoms with Crippen LogP contribution in [0.4, 0.5) is 0 Å². The maximum atomic E-state index is 11.9. The van der Waals surface area contributed by atoms with Gasteiger partial charge in [0.05, 0.1) is 11.6 Å². The van der Waals surface area contributed by atoms with Crippen LogP contribution in [0.5, 0.6) is 5.75 Å². The van der Waals surface area contributed by atoms with Crippen molar-refractivity contribution >= 4 is 17.5 Å². The second-order valence-corrected chi connectivity index (χ2v) is 5.10. The number of amides is 1. The number of rotatable bonds is 7. The first kappa shape index (κ1) is 16.3. The SMILES string of the molecule is COCc1ccccc1CNC(=O)COc1ccccc1Cl. The van der Waals surface area contributed by atoms with Crippen molar-refractivity contribution in [1.82, 2.24) is 5.32 Å². The van der Waals surface area contributed by atoms with Crippen LogP contribution in [0.2, 0.25) is 5.02 Å². The minimum absolute atomic E-state index is 0.0732. The zero-order chi connectivity index (χ0) is 15.8. The number of hydrogen-bond acceptors (Lipinski definition) is 3. The van der Waals surface area contributed by atoms with Gasteiger partial charge in [-0.2, -0.15) is 0 Å². The summed E-state index contributed by atoms with van der Waals surface area (Å²) in [7, 11) is 1.65. The Kier molecular flexibility index (Phi) is 6.25. The maximum Gasteiger partial charge on any atom is 0.258 e. The summed E-state index contributed by atoms with van der Waals surface area (Å²) in [6, 6.07) is 14.9. The standard InChI is InChI=1S/C17H18ClNO3/c1-21-11-14-7-3-2-6-13(14)10-19-17(20)12-22-16-9-5-4-8-15(16)18/h2-9H,10-12H2,1H3,(H,19,20). The first-order valence-electron chi connectivity index (χ1n) is 6.90. The molecule has 0 bridgehead atoms. The highest BCUT2D eigenvalue weighted by atomic mass is 35.5.